The van der Waals surface area contributed by atoms with Crippen molar-refractivity contribution in [2.24, 2.45) is 0 Å². The summed E-state index contributed by atoms with van der Waals surface area (Å²) in [6.07, 6.45) is 0.972. The van der Waals surface area contributed by atoms with Crippen LogP contribution in [-0.2, 0) is 4.79 Å². The van der Waals surface area contributed by atoms with Crippen LogP contribution in [0.4, 0.5) is 5.69 Å². The van der Waals surface area contributed by atoms with Gasteiger partial charge >= 0.3 is 0 Å². The van der Waals surface area contributed by atoms with E-state index in [0.717, 1.165) is 5.56 Å². The van der Waals surface area contributed by atoms with Gasteiger partial charge in [-0.1, -0.05) is 41.4 Å². The van der Waals surface area contributed by atoms with Gasteiger partial charge in [0, 0.05) is 31.2 Å². The summed E-state index contributed by atoms with van der Waals surface area (Å²) in [6.45, 7) is 5.69. The Kier molecular flexibility index (Phi) is 6.91. The zero-order valence-corrected chi connectivity index (χ0v) is 19.9. The highest BCUT2D eigenvalue weighted by Crippen LogP contribution is 2.25. The van der Waals surface area contributed by atoms with Gasteiger partial charge in [0.2, 0.25) is 0 Å². The average Bonchev–Trinajstić information content (AvgIpc) is 2.83. The first kappa shape index (κ1) is 23.1. The first-order valence-electron chi connectivity index (χ1n) is 10.6. The molecule has 2 aromatic carbocycles. The van der Waals surface area contributed by atoms with Crippen LogP contribution in [0, 0.1) is 6.92 Å². The van der Waals surface area contributed by atoms with E-state index in [2.05, 4.69) is 5.10 Å². The Bertz CT molecular complexity index is 1210. The number of benzene rings is 2. The first-order valence-corrected chi connectivity index (χ1v) is 11.4. The lowest BCUT2D eigenvalue weighted by Crippen LogP contribution is -2.52. The van der Waals surface area contributed by atoms with E-state index in [-0.39, 0.29) is 16.5 Å². The monoisotopic (exact) mass is 486 g/mol. The topological polar surface area (TPSA) is 67.7 Å². The van der Waals surface area contributed by atoms with Crippen molar-refractivity contribution < 1.29 is 9.53 Å². The second-order valence-electron chi connectivity index (χ2n) is 7.88. The van der Waals surface area contributed by atoms with Crippen molar-refractivity contribution in [3.63, 3.8) is 0 Å². The standard InChI is InChI=1S/C24H24Cl2N4O3/c1-16-14-18(25)8-9-21(16)33-17(2)23(31)29-12-10-28(11-13-29)20-15-27-30(24(32)22(20)26)19-6-4-3-5-7-19/h3-9,14-15,17H,10-13H2,1-2H3. The van der Waals surface area contributed by atoms with Crippen molar-refractivity contribution >= 4 is 34.8 Å². The fourth-order valence-corrected chi connectivity index (χ4v) is 4.28. The van der Waals surface area contributed by atoms with Gasteiger partial charge in [-0.15, -0.1) is 0 Å². The lowest BCUT2D eigenvalue weighted by molar-refractivity contribution is -0.138. The molecule has 4 rings (SSSR count). The maximum atomic E-state index is 12.9. The van der Waals surface area contributed by atoms with Gasteiger partial charge in [0.1, 0.15) is 10.8 Å². The van der Waals surface area contributed by atoms with Crippen molar-refractivity contribution in [1.82, 2.24) is 14.7 Å². The van der Waals surface area contributed by atoms with Crippen molar-refractivity contribution in [3.05, 3.63) is 80.7 Å². The summed E-state index contributed by atoms with van der Waals surface area (Å²) in [5.41, 5.74) is 1.72. The molecule has 1 saturated heterocycles. The van der Waals surface area contributed by atoms with Gasteiger partial charge in [-0.2, -0.15) is 9.78 Å². The van der Waals surface area contributed by atoms with Crippen LogP contribution in [0.5, 0.6) is 5.75 Å². The molecule has 1 fully saturated rings. The lowest BCUT2D eigenvalue weighted by atomic mass is 10.2. The third-order valence-corrected chi connectivity index (χ3v) is 6.21. The Hall–Kier alpha value is -3.03. The molecule has 0 spiro atoms. The number of piperazine rings is 1. The number of carbonyl (C=O) groups is 1. The fraction of sp³-hybridized carbons (Fsp3) is 0.292. The molecule has 0 saturated carbocycles. The highest BCUT2D eigenvalue weighted by atomic mass is 35.5. The Labute approximate surface area is 202 Å². The van der Waals surface area contributed by atoms with E-state index in [0.29, 0.717) is 48.3 Å². The number of hydrogen-bond donors (Lipinski definition) is 0. The quantitative estimate of drug-likeness (QED) is 0.545. The summed E-state index contributed by atoms with van der Waals surface area (Å²) in [4.78, 5) is 29.4. The van der Waals surface area contributed by atoms with Crippen LogP contribution in [0.25, 0.3) is 5.69 Å². The van der Waals surface area contributed by atoms with Crippen LogP contribution < -0.4 is 15.2 Å². The molecule has 3 aromatic rings. The molecule has 1 aliphatic rings. The summed E-state index contributed by atoms with van der Waals surface area (Å²) in [5, 5.41) is 5.04. The van der Waals surface area contributed by atoms with E-state index < -0.39 is 6.10 Å². The second kappa shape index (κ2) is 9.85. The normalized spacial score (nSPS) is 14.8. The minimum atomic E-state index is -0.628. The van der Waals surface area contributed by atoms with Crippen molar-refractivity contribution in [1.29, 1.82) is 0 Å². The molecule has 0 N–H and O–H groups in total. The molecule has 1 amide bonds. The van der Waals surface area contributed by atoms with Crippen LogP contribution in [0.1, 0.15) is 12.5 Å². The van der Waals surface area contributed by atoms with E-state index in [9.17, 15) is 9.59 Å². The van der Waals surface area contributed by atoms with Crippen molar-refractivity contribution in [2.45, 2.75) is 20.0 Å². The van der Waals surface area contributed by atoms with Crippen LogP contribution >= 0.6 is 23.2 Å². The largest absolute Gasteiger partial charge is 0.481 e. The number of anilines is 1. The number of amides is 1. The molecule has 1 aromatic heterocycles. The zero-order chi connectivity index (χ0) is 23.5. The van der Waals surface area contributed by atoms with E-state index in [1.807, 2.05) is 30.0 Å². The third kappa shape index (κ3) is 4.99. The Morgan fingerprint density at radius 1 is 1.06 bits per heavy atom. The molecule has 0 radical (unpaired) electrons. The Morgan fingerprint density at radius 3 is 2.42 bits per heavy atom. The maximum absolute atomic E-state index is 12.9. The number of aryl methyl sites for hydroxylation is 1. The molecular weight excluding hydrogens is 463 g/mol. The molecule has 1 aliphatic heterocycles. The fourth-order valence-electron chi connectivity index (χ4n) is 3.81. The molecule has 33 heavy (non-hydrogen) atoms. The van der Waals surface area contributed by atoms with Crippen LogP contribution in [0.2, 0.25) is 10.0 Å². The van der Waals surface area contributed by atoms with Crippen LogP contribution in [0.3, 0.4) is 0 Å². The summed E-state index contributed by atoms with van der Waals surface area (Å²) in [5.74, 6) is 0.545. The zero-order valence-electron chi connectivity index (χ0n) is 18.4. The number of ether oxygens (including phenoxy) is 1. The molecular formula is C24H24Cl2N4O3. The molecule has 172 valence electrons. The molecule has 9 heteroatoms. The summed E-state index contributed by atoms with van der Waals surface area (Å²) < 4.78 is 7.16. The summed E-state index contributed by atoms with van der Waals surface area (Å²) in [7, 11) is 0. The highest BCUT2D eigenvalue weighted by Gasteiger charge is 2.28. The SMILES string of the molecule is Cc1cc(Cl)ccc1OC(C)C(=O)N1CCN(c2cnn(-c3ccccc3)c(=O)c2Cl)CC1. The minimum Gasteiger partial charge on any atom is -0.481 e. The molecule has 2 heterocycles. The number of rotatable bonds is 5. The second-order valence-corrected chi connectivity index (χ2v) is 8.69. The maximum Gasteiger partial charge on any atom is 0.292 e. The van der Waals surface area contributed by atoms with Crippen LogP contribution in [-0.4, -0.2) is 52.9 Å². The Balaban J connectivity index is 1.41. The first-order chi connectivity index (χ1) is 15.8. The van der Waals surface area contributed by atoms with Gasteiger partial charge in [-0.25, -0.2) is 0 Å². The molecule has 0 bridgehead atoms. The van der Waals surface area contributed by atoms with E-state index in [4.69, 9.17) is 27.9 Å². The van der Waals surface area contributed by atoms with Gasteiger partial charge in [0.25, 0.3) is 11.5 Å². The van der Waals surface area contributed by atoms with Gasteiger partial charge in [-0.3, -0.25) is 9.59 Å². The van der Waals surface area contributed by atoms with Crippen molar-refractivity contribution in [3.8, 4) is 11.4 Å². The predicted molar refractivity (Wildman–Crippen MR) is 130 cm³/mol. The molecule has 1 atom stereocenters. The smallest absolute Gasteiger partial charge is 0.292 e. The number of para-hydroxylation sites is 1. The molecule has 1 unspecified atom stereocenters. The number of carbonyl (C=O) groups excluding carboxylic acids is 1. The molecule has 0 aliphatic carbocycles. The van der Waals surface area contributed by atoms with E-state index in [1.54, 1.807) is 48.4 Å². The number of aromatic nitrogens is 2. The molecule has 7 nitrogen and oxygen atoms in total. The van der Waals surface area contributed by atoms with Crippen molar-refractivity contribution in [2.75, 3.05) is 31.1 Å². The van der Waals surface area contributed by atoms with E-state index in [1.165, 1.54) is 4.68 Å². The highest BCUT2D eigenvalue weighted by molar-refractivity contribution is 6.33. The summed E-state index contributed by atoms with van der Waals surface area (Å²) in [6, 6.07) is 14.4. The summed E-state index contributed by atoms with van der Waals surface area (Å²) >= 11 is 12.4. The number of hydrogen-bond acceptors (Lipinski definition) is 5. The lowest BCUT2D eigenvalue weighted by Gasteiger charge is -2.37. The van der Waals surface area contributed by atoms with E-state index >= 15 is 0 Å². The van der Waals surface area contributed by atoms with Gasteiger partial charge in [0.05, 0.1) is 17.6 Å². The van der Waals surface area contributed by atoms with Gasteiger partial charge in [0.15, 0.2) is 6.10 Å². The third-order valence-electron chi connectivity index (χ3n) is 5.62. The minimum absolute atomic E-state index is 0.0901. The van der Waals surface area contributed by atoms with Gasteiger partial charge < -0.3 is 14.5 Å². The average molecular weight is 487 g/mol. The predicted octanol–water partition coefficient (Wildman–Crippen LogP) is 3.96. The van der Waals surface area contributed by atoms with Gasteiger partial charge in [-0.05, 0) is 49.7 Å². The Morgan fingerprint density at radius 2 is 1.76 bits per heavy atom. The number of nitrogens with zero attached hydrogens (tertiary/aromatic N) is 4. The number of halogens is 2. The van der Waals surface area contributed by atoms with Crippen LogP contribution in [0.15, 0.2) is 59.5 Å².